The molecule has 72 valence electrons. The van der Waals surface area contributed by atoms with E-state index in [1.165, 1.54) is 0 Å². The van der Waals surface area contributed by atoms with E-state index in [0.717, 1.165) is 0 Å². The fraction of sp³-hybridized carbons (Fsp3) is 0.444. The van der Waals surface area contributed by atoms with Crippen molar-refractivity contribution in [2.45, 2.75) is 13.8 Å². The number of nitrogens with zero attached hydrogens (tertiary/aromatic N) is 1. The maximum Gasteiger partial charge on any atom is 0.179 e. The van der Waals surface area contributed by atoms with Crippen LogP contribution in [0.1, 0.15) is 13.8 Å². The summed E-state index contributed by atoms with van der Waals surface area (Å²) in [7, 11) is 0. The highest BCUT2D eigenvalue weighted by Gasteiger charge is 2.07. The quantitative estimate of drug-likeness (QED) is 0.815. The highest BCUT2D eigenvalue weighted by Crippen LogP contribution is 2.28. The van der Waals surface area contributed by atoms with E-state index in [9.17, 15) is 0 Å². The van der Waals surface area contributed by atoms with Crippen molar-refractivity contribution in [2.75, 3.05) is 12.3 Å². The van der Waals surface area contributed by atoms with Gasteiger partial charge in [-0.15, -0.1) is 0 Å². The smallest absolute Gasteiger partial charge is 0.179 e. The summed E-state index contributed by atoms with van der Waals surface area (Å²) in [6.45, 7) is 4.70. The van der Waals surface area contributed by atoms with Crippen LogP contribution in [-0.4, -0.2) is 11.6 Å². The molecular formula is C9H13ClN2O. The molecule has 0 saturated carbocycles. The van der Waals surface area contributed by atoms with Gasteiger partial charge < -0.3 is 10.5 Å². The lowest BCUT2D eigenvalue weighted by molar-refractivity contribution is 0.272. The third kappa shape index (κ3) is 2.77. The van der Waals surface area contributed by atoms with E-state index < -0.39 is 0 Å². The summed E-state index contributed by atoms with van der Waals surface area (Å²) in [6.07, 6.45) is 1.56. The van der Waals surface area contributed by atoms with Crippen LogP contribution in [0.4, 0.5) is 5.82 Å². The first-order valence-corrected chi connectivity index (χ1v) is 4.52. The molecule has 1 rings (SSSR count). The van der Waals surface area contributed by atoms with Gasteiger partial charge in [0.05, 0.1) is 11.6 Å². The van der Waals surface area contributed by atoms with Crippen LogP contribution in [0.2, 0.25) is 5.02 Å². The molecule has 0 amide bonds. The van der Waals surface area contributed by atoms with Crippen molar-refractivity contribution in [1.82, 2.24) is 4.98 Å². The second-order valence-corrected chi connectivity index (χ2v) is 3.62. The molecule has 0 radical (unpaired) electrons. The van der Waals surface area contributed by atoms with E-state index in [1.807, 2.05) is 0 Å². The number of hydrogen-bond acceptors (Lipinski definition) is 3. The van der Waals surface area contributed by atoms with Crippen molar-refractivity contribution in [1.29, 1.82) is 0 Å². The zero-order chi connectivity index (χ0) is 9.84. The van der Waals surface area contributed by atoms with Gasteiger partial charge >= 0.3 is 0 Å². The fourth-order valence-electron chi connectivity index (χ4n) is 0.833. The van der Waals surface area contributed by atoms with Crippen LogP contribution >= 0.6 is 11.6 Å². The van der Waals surface area contributed by atoms with Crippen LogP contribution in [0.3, 0.4) is 0 Å². The molecule has 1 aromatic heterocycles. The Morgan fingerprint density at radius 2 is 2.31 bits per heavy atom. The molecule has 2 N–H and O–H groups in total. The van der Waals surface area contributed by atoms with E-state index in [1.54, 1.807) is 12.3 Å². The van der Waals surface area contributed by atoms with E-state index >= 15 is 0 Å². The molecule has 0 atom stereocenters. The van der Waals surface area contributed by atoms with Crippen LogP contribution in [0.5, 0.6) is 5.75 Å². The number of pyridine rings is 1. The van der Waals surface area contributed by atoms with Gasteiger partial charge in [0.2, 0.25) is 0 Å². The van der Waals surface area contributed by atoms with Gasteiger partial charge in [0.25, 0.3) is 0 Å². The minimum absolute atomic E-state index is 0.341. The molecule has 1 aromatic rings. The summed E-state index contributed by atoms with van der Waals surface area (Å²) in [5, 5.41) is 0.508. The molecule has 0 aliphatic rings. The Bertz CT molecular complexity index is 269. The Balaban J connectivity index is 2.75. The van der Waals surface area contributed by atoms with Gasteiger partial charge in [-0.05, 0) is 12.0 Å². The van der Waals surface area contributed by atoms with Crippen molar-refractivity contribution in [3.05, 3.63) is 17.3 Å². The molecule has 4 heteroatoms. The normalized spacial score (nSPS) is 10.5. The molecule has 0 saturated heterocycles. The Hall–Kier alpha value is -0.960. The van der Waals surface area contributed by atoms with E-state index in [4.69, 9.17) is 22.1 Å². The molecular weight excluding hydrogens is 188 g/mol. The average Bonchev–Trinajstić information content (AvgIpc) is 2.03. The zero-order valence-electron chi connectivity index (χ0n) is 7.75. The number of ether oxygens (including phenoxy) is 1. The second-order valence-electron chi connectivity index (χ2n) is 3.21. The molecule has 1 heterocycles. The lowest BCUT2D eigenvalue weighted by atomic mass is 10.2. The highest BCUT2D eigenvalue weighted by molar-refractivity contribution is 6.32. The predicted molar refractivity (Wildman–Crippen MR) is 54.0 cm³/mol. The molecule has 0 aromatic carbocycles. The largest absolute Gasteiger partial charge is 0.488 e. The van der Waals surface area contributed by atoms with Crippen LogP contribution < -0.4 is 10.5 Å². The van der Waals surface area contributed by atoms with Crippen molar-refractivity contribution < 1.29 is 4.74 Å². The molecule has 0 unspecified atom stereocenters. The number of nitrogen functional groups attached to an aromatic ring is 1. The van der Waals surface area contributed by atoms with Crippen molar-refractivity contribution in [2.24, 2.45) is 5.92 Å². The van der Waals surface area contributed by atoms with E-state index in [-0.39, 0.29) is 0 Å². The standard InChI is InChI=1S/C9H13ClN2O/c1-6(2)5-13-8-7(10)3-4-12-9(8)11/h3-4,6H,5H2,1-2H3,(H2,11,12). The average molecular weight is 201 g/mol. The highest BCUT2D eigenvalue weighted by atomic mass is 35.5. The van der Waals surface area contributed by atoms with E-state index in [2.05, 4.69) is 18.8 Å². The Morgan fingerprint density at radius 1 is 1.62 bits per heavy atom. The molecule has 0 fully saturated rings. The first kappa shape index (κ1) is 10.1. The summed E-state index contributed by atoms with van der Waals surface area (Å²) in [5.41, 5.74) is 5.59. The third-order valence-corrected chi connectivity index (χ3v) is 1.74. The van der Waals surface area contributed by atoms with Crippen LogP contribution in [0.15, 0.2) is 12.3 Å². The maximum atomic E-state index is 5.87. The minimum Gasteiger partial charge on any atom is -0.488 e. The van der Waals surface area contributed by atoms with Gasteiger partial charge in [0.15, 0.2) is 11.6 Å². The Kier molecular flexibility index (Phi) is 3.37. The summed E-state index contributed by atoms with van der Waals surface area (Å²) in [6, 6.07) is 1.66. The number of anilines is 1. The van der Waals surface area contributed by atoms with Crippen molar-refractivity contribution in [3.8, 4) is 5.75 Å². The summed E-state index contributed by atoms with van der Waals surface area (Å²) < 4.78 is 5.41. The van der Waals surface area contributed by atoms with Gasteiger partial charge in [-0.3, -0.25) is 0 Å². The van der Waals surface area contributed by atoms with Crippen LogP contribution in [0, 0.1) is 5.92 Å². The summed E-state index contributed by atoms with van der Waals surface area (Å²) in [4.78, 5) is 3.89. The lowest BCUT2D eigenvalue weighted by Crippen LogP contribution is -2.07. The first-order chi connectivity index (χ1) is 6.11. The summed E-state index contributed by atoms with van der Waals surface area (Å²) >= 11 is 5.87. The second kappa shape index (κ2) is 4.33. The van der Waals surface area contributed by atoms with Crippen LogP contribution in [0.25, 0.3) is 0 Å². The SMILES string of the molecule is CC(C)COc1c(Cl)ccnc1N. The molecule has 0 spiro atoms. The molecule has 3 nitrogen and oxygen atoms in total. The predicted octanol–water partition coefficient (Wildman–Crippen LogP) is 2.35. The van der Waals surface area contributed by atoms with Gasteiger partial charge in [-0.1, -0.05) is 25.4 Å². The Labute approximate surface area is 82.9 Å². The molecule has 0 aliphatic carbocycles. The fourth-order valence-corrected chi connectivity index (χ4v) is 1.04. The van der Waals surface area contributed by atoms with Crippen LogP contribution in [-0.2, 0) is 0 Å². The van der Waals surface area contributed by atoms with Gasteiger partial charge in [-0.2, -0.15) is 0 Å². The Morgan fingerprint density at radius 3 is 2.85 bits per heavy atom. The number of aromatic nitrogens is 1. The van der Waals surface area contributed by atoms with Crippen molar-refractivity contribution in [3.63, 3.8) is 0 Å². The monoisotopic (exact) mass is 200 g/mol. The lowest BCUT2D eigenvalue weighted by Gasteiger charge is -2.11. The van der Waals surface area contributed by atoms with Gasteiger partial charge in [0.1, 0.15) is 0 Å². The number of hydrogen-bond donors (Lipinski definition) is 1. The third-order valence-electron chi connectivity index (χ3n) is 1.45. The first-order valence-electron chi connectivity index (χ1n) is 4.14. The molecule has 0 aliphatic heterocycles. The molecule has 13 heavy (non-hydrogen) atoms. The van der Waals surface area contributed by atoms with Crippen molar-refractivity contribution >= 4 is 17.4 Å². The maximum absolute atomic E-state index is 5.87. The van der Waals surface area contributed by atoms with Gasteiger partial charge in [0, 0.05) is 6.20 Å². The summed E-state index contributed by atoms with van der Waals surface area (Å²) in [5.74, 6) is 1.27. The minimum atomic E-state index is 0.341. The van der Waals surface area contributed by atoms with Gasteiger partial charge in [-0.25, -0.2) is 4.98 Å². The number of halogens is 1. The zero-order valence-corrected chi connectivity index (χ0v) is 8.51. The number of rotatable bonds is 3. The van der Waals surface area contributed by atoms with E-state index in [0.29, 0.717) is 29.1 Å². The topological polar surface area (TPSA) is 48.1 Å². The molecule has 0 bridgehead atoms. The number of nitrogens with two attached hydrogens (primary N) is 1.